The summed E-state index contributed by atoms with van der Waals surface area (Å²) < 4.78 is 10.4. The van der Waals surface area contributed by atoms with Gasteiger partial charge in [-0.3, -0.25) is 9.59 Å². The van der Waals surface area contributed by atoms with Crippen LogP contribution >= 0.6 is 0 Å². The first-order valence-corrected chi connectivity index (χ1v) is 7.42. The van der Waals surface area contributed by atoms with Crippen LogP contribution in [0.3, 0.4) is 0 Å². The van der Waals surface area contributed by atoms with E-state index in [4.69, 9.17) is 9.47 Å². The first-order valence-electron chi connectivity index (χ1n) is 7.42. The maximum Gasteiger partial charge on any atom is 0.305 e. The lowest BCUT2D eigenvalue weighted by Crippen LogP contribution is -2.60. The first-order chi connectivity index (χ1) is 9.99. The highest BCUT2D eigenvalue weighted by atomic mass is 16.6. The van der Waals surface area contributed by atoms with Gasteiger partial charge in [-0.15, -0.1) is 0 Å². The average molecular weight is 303 g/mol. The van der Waals surface area contributed by atoms with Crippen LogP contribution in [0, 0.1) is 0 Å². The Labute approximate surface area is 124 Å². The smallest absolute Gasteiger partial charge is 0.305 e. The van der Waals surface area contributed by atoms with Crippen molar-refractivity contribution in [3.63, 3.8) is 0 Å². The number of amides is 1. The second-order valence-electron chi connectivity index (χ2n) is 5.21. The summed E-state index contributed by atoms with van der Waals surface area (Å²) in [6.07, 6.45) is -1.08. The monoisotopic (exact) mass is 303 g/mol. The van der Waals surface area contributed by atoms with Gasteiger partial charge >= 0.3 is 5.97 Å². The van der Waals surface area contributed by atoms with Gasteiger partial charge < -0.3 is 25.0 Å². The Morgan fingerprint density at radius 1 is 1.19 bits per heavy atom. The second kappa shape index (κ2) is 8.96. The van der Waals surface area contributed by atoms with Gasteiger partial charge in [-0.2, -0.15) is 0 Å². The molecule has 1 rings (SSSR count). The van der Waals surface area contributed by atoms with Crippen molar-refractivity contribution in [2.45, 2.75) is 63.9 Å². The van der Waals surface area contributed by atoms with E-state index in [1.54, 1.807) is 0 Å². The van der Waals surface area contributed by atoms with Crippen molar-refractivity contribution in [1.29, 1.82) is 0 Å². The number of hydrogen-bond donors (Lipinski definition) is 3. The van der Waals surface area contributed by atoms with Gasteiger partial charge in [0, 0.05) is 12.8 Å². The van der Waals surface area contributed by atoms with Crippen LogP contribution in [-0.2, 0) is 19.1 Å². The van der Waals surface area contributed by atoms with E-state index in [-0.39, 0.29) is 25.1 Å². The van der Waals surface area contributed by atoms with Crippen LogP contribution in [0.25, 0.3) is 0 Å². The van der Waals surface area contributed by atoms with E-state index in [0.717, 1.165) is 0 Å². The Balaban J connectivity index is 2.42. The summed E-state index contributed by atoms with van der Waals surface area (Å²) in [7, 11) is 0. The third kappa shape index (κ3) is 5.61. The zero-order valence-electron chi connectivity index (χ0n) is 12.6. The molecule has 1 heterocycles. The van der Waals surface area contributed by atoms with E-state index < -0.39 is 24.4 Å². The molecule has 122 valence electrons. The Kier molecular flexibility index (Phi) is 7.63. The molecule has 0 saturated carbocycles. The third-order valence-electron chi connectivity index (χ3n) is 3.32. The zero-order chi connectivity index (χ0) is 15.8. The quantitative estimate of drug-likeness (QED) is 0.559. The summed E-state index contributed by atoms with van der Waals surface area (Å²) in [4.78, 5) is 22.8. The number of hydrogen-bond acceptors (Lipinski definition) is 6. The largest absolute Gasteiger partial charge is 0.463 e. The Morgan fingerprint density at radius 3 is 2.48 bits per heavy atom. The van der Waals surface area contributed by atoms with Crippen LogP contribution in [0.15, 0.2) is 0 Å². The van der Waals surface area contributed by atoms with Gasteiger partial charge in [-0.05, 0) is 12.8 Å². The third-order valence-corrected chi connectivity index (χ3v) is 3.32. The molecule has 0 bridgehead atoms. The first kappa shape index (κ1) is 17.9. The van der Waals surface area contributed by atoms with E-state index in [1.807, 2.05) is 13.8 Å². The van der Waals surface area contributed by atoms with Crippen LogP contribution in [0.4, 0.5) is 0 Å². The normalized spacial score (nSPS) is 29.0. The second-order valence-corrected chi connectivity index (χ2v) is 5.21. The van der Waals surface area contributed by atoms with Gasteiger partial charge in [0.15, 0.2) is 0 Å². The predicted molar refractivity (Wildman–Crippen MR) is 74.5 cm³/mol. The molecule has 7 heteroatoms. The van der Waals surface area contributed by atoms with E-state index in [9.17, 15) is 19.8 Å². The van der Waals surface area contributed by atoms with Crippen LogP contribution in [0.1, 0.15) is 39.5 Å². The van der Waals surface area contributed by atoms with Crippen molar-refractivity contribution >= 4 is 11.9 Å². The maximum absolute atomic E-state index is 11.5. The molecule has 1 amide bonds. The molecular formula is C14H25NO6. The molecule has 1 saturated heterocycles. The van der Waals surface area contributed by atoms with Crippen molar-refractivity contribution in [3.05, 3.63) is 0 Å². The lowest BCUT2D eigenvalue weighted by atomic mass is 9.98. The minimum absolute atomic E-state index is 0.0731. The molecule has 21 heavy (non-hydrogen) atoms. The topological polar surface area (TPSA) is 105 Å². The number of ether oxygens (including phenoxy) is 2. The van der Waals surface area contributed by atoms with E-state index in [0.29, 0.717) is 25.7 Å². The molecule has 0 radical (unpaired) electrons. The van der Waals surface area contributed by atoms with Gasteiger partial charge in [0.2, 0.25) is 5.91 Å². The van der Waals surface area contributed by atoms with Crippen molar-refractivity contribution in [2.24, 2.45) is 0 Å². The minimum Gasteiger partial charge on any atom is -0.463 e. The van der Waals surface area contributed by atoms with Gasteiger partial charge in [0.05, 0.1) is 12.6 Å². The standard InChI is InChI=1S/C14H25NO6/c1-3-5-11(16)15-9-7-20-10(14(19)13(9)18)8-21-12(17)6-4-2/h9-10,13-14,18-19H,3-8H2,1-2H3,(H,15,16)/t9-,10+,13+,14+/m0/s1. The summed E-state index contributed by atoms with van der Waals surface area (Å²) in [5.41, 5.74) is 0. The fourth-order valence-corrected chi connectivity index (χ4v) is 2.11. The summed E-state index contributed by atoms with van der Waals surface area (Å²) in [6, 6.07) is -0.651. The molecule has 1 fully saturated rings. The molecule has 0 aromatic rings. The fourth-order valence-electron chi connectivity index (χ4n) is 2.11. The van der Waals surface area contributed by atoms with Gasteiger partial charge in [-0.25, -0.2) is 0 Å². The SMILES string of the molecule is CCCC(=O)N[C@H]1CO[C@H](COC(=O)CCC)[C@@H](O)[C@@H]1O. The van der Waals surface area contributed by atoms with Crippen molar-refractivity contribution < 1.29 is 29.3 Å². The molecular weight excluding hydrogens is 278 g/mol. The average Bonchev–Trinajstić information content (AvgIpc) is 2.44. The van der Waals surface area contributed by atoms with Crippen LogP contribution in [-0.4, -0.2) is 59.7 Å². The number of rotatable bonds is 7. The number of carbonyl (C=O) groups excluding carboxylic acids is 2. The molecule has 0 spiro atoms. The van der Waals surface area contributed by atoms with Gasteiger partial charge in [0.1, 0.15) is 24.9 Å². The number of aliphatic hydroxyl groups excluding tert-OH is 2. The summed E-state index contributed by atoms with van der Waals surface area (Å²) in [5, 5.41) is 22.6. The van der Waals surface area contributed by atoms with Crippen LogP contribution in [0.5, 0.6) is 0 Å². The number of nitrogens with one attached hydrogen (secondary N) is 1. The molecule has 4 atom stereocenters. The molecule has 1 aliphatic rings. The van der Waals surface area contributed by atoms with Crippen molar-refractivity contribution in [3.8, 4) is 0 Å². The fraction of sp³-hybridized carbons (Fsp3) is 0.857. The van der Waals surface area contributed by atoms with Crippen molar-refractivity contribution in [2.75, 3.05) is 13.2 Å². The Morgan fingerprint density at radius 2 is 1.86 bits per heavy atom. The van der Waals surface area contributed by atoms with E-state index >= 15 is 0 Å². The zero-order valence-corrected chi connectivity index (χ0v) is 12.6. The highest BCUT2D eigenvalue weighted by Crippen LogP contribution is 2.16. The molecule has 1 aliphatic heterocycles. The molecule has 0 aromatic carbocycles. The van der Waals surface area contributed by atoms with Crippen LogP contribution in [0.2, 0.25) is 0 Å². The van der Waals surface area contributed by atoms with Gasteiger partial charge in [-0.1, -0.05) is 13.8 Å². The number of aliphatic hydroxyl groups is 2. The predicted octanol–water partition coefficient (Wildman–Crippen LogP) is -0.265. The lowest BCUT2D eigenvalue weighted by Gasteiger charge is -2.37. The molecule has 0 aliphatic carbocycles. The number of esters is 1. The molecule has 3 N–H and O–H groups in total. The minimum atomic E-state index is -1.21. The van der Waals surface area contributed by atoms with E-state index in [1.165, 1.54) is 0 Å². The summed E-state index contributed by atoms with van der Waals surface area (Å²) in [6.45, 7) is 3.71. The highest BCUT2D eigenvalue weighted by Gasteiger charge is 2.39. The summed E-state index contributed by atoms with van der Waals surface area (Å²) in [5.74, 6) is -0.550. The Bertz CT molecular complexity index is 346. The number of carbonyl (C=O) groups is 2. The Hall–Kier alpha value is -1.18. The lowest BCUT2D eigenvalue weighted by molar-refractivity contribution is -0.177. The summed E-state index contributed by atoms with van der Waals surface area (Å²) >= 11 is 0. The van der Waals surface area contributed by atoms with Crippen molar-refractivity contribution in [1.82, 2.24) is 5.32 Å². The highest BCUT2D eigenvalue weighted by molar-refractivity contribution is 5.76. The van der Waals surface area contributed by atoms with Crippen LogP contribution < -0.4 is 5.32 Å². The maximum atomic E-state index is 11.5. The van der Waals surface area contributed by atoms with E-state index in [2.05, 4.69) is 5.32 Å². The molecule has 7 nitrogen and oxygen atoms in total. The molecule has 0 aromatic heterocycles. The van der Waals surface area contributed by atoms with Gasteiger partial charge in [0.25, 0.3) is 0 Å². The molecule has 0 unspecified atom stereocenters.